The second-order valence-electron chi connectivity index (χ2n) is 5.68. The number of carbonyl (C=O) groups excluding carboxylic acids is 1. The van der Waals surface area contributed by atoms with E-state index in [4.69, 9.17) is 14.2 Å². The lowest BCUT2D eigenvalue weighted by molar-refractivity contribution is 0.0944. The average Bonchev–Trinajstić information content (AvgIpc) is 2.70. The van der Waals surface area contributed by atoms with Crippen LogP contribution in [0.2, 0.25) is 0 Å². The van der Waals surface area contributed by atoms with E-state index in [1.54, 1.807) is 25.3 Å². The van der Waals surface area contributed by atoms with E-state index in [0.29, 0.717) is 30.2 Å². The van der Waals surface area contributed by atoms with Gasteiger partial charge in [-0.3, -0.25) is 4.79 Å². The molecule has 0 aromatic heterocycles. The first-order chi connectivity index (χ1) is 12.7. The Kier molecular flexibility index (Phi) is 5.59. The summed E-state index contributed by atoms with van der Waals surface area (Å²) in [6, 6.07) is 19.1. The summed E-state index contributed by atoms with van der Waals surface area (Å²) in [5, 5.41) is 5.12. The molecule has 0 aliphatic rings. The lowest BCUT2D eigenvalue weighted by Gasteiger charge is -2.11. The quantitative estimate of drug-likeness (QED) is 0.660. The molecule has 0 aliphatic carbocycles. The van der Waals surface area contributed by atoms with E-state index in [1.807, 2.05) is 36.4 Å². The van der Waals surface area contributed by atoms with Crippen molar-refractivity contribution in [1.82, 2.24) is 5.32 Å². The predicted molar refractivity (Wildman–Crippen MR) is 101 cm³/mol. The van der Waals surface area contributed by atoms with Gasteiger partial charge in [0.25, 0.3) is 5.91 Å². The summed E-state index contributed by atoms with van der Waals surface area (Å²) in [5.41, 5.74) is 0.457. The molecule has 0 unspecified atom stereocenters. The summed E-state index contributed by atoms with van der Waals surface area (Å²) in [5.74, 6) is 1.67. The summed E-state index contributed by atoms with van der Waals surface area (Å²) in [6.07, 6.45) is 0. The van der Waals surface area contributed by atoms with E-state index in [-0.39, 0.29) is 5.91 Å². The van der Waals surface area contributed by atoms with Gasteiger partial charge in [-0.25, -0.2) is 0 Å². The van der Waals surface area contributed by atoms with E-state index in [9.17, 15) is 4.79 Å². The summed E-state index contributed by atoms with van der Waals surface area (Å²) in [7, 11) is 3.09. The second kappa shape index (κ2) is 8.25. The lowest BCUT2D eigenvalue weighted by Crippen LogP contribution is -2.28. The number of amides is 1. The molecular formula is C21H21NO4. The Bertz CT molecular complexity index is 907. The number of hydrogen-bond acceptors (Lipinski definition) is 4. The fraction of sp³-hybridized carbons (Fsp3) is 0.190. The van der Waals surface area contributed by atoms with Gasteiger partial charge in [0.2, 0.25) is 0 Å². The molecular weight excluding hydrogens is 330 g/mol. The molecule has 5 heteroatoms. The Hall–Kier alpha value is -3.21. The molecule has 3 rings (SSSR count). The molecule has 0 bridgehead atoms. The first-order valence-corrected chi connectivity index (χ1v) is 8.33. The number of carbonyl (C=O) groups is 1. The van der Waals surface area contributed by atoms with Crippen molar-refractivity contribution in [2.75, 3.05) is 27.4 Å². The van der Waals surface area contributed by atoms with Gasteiger partial charge in [0.05, 0.1) is 26.3 Å². The van der Waals surface area contributed by atoms with Crippen molar-refractivity contribution in [3.63, 3.8) is 0 Å². The largest absolute Gasteiger partial charge is 0.497 e. The van der Waals surface area contributed by atoms with Gasteiger partial charge in [-0.15, -0.1) is 0 Å². The molecule has 0 fully saturated rings. The minimum absolute atomic E-state index is 0.216. The smallest absolute Gasteiger partial charge is 0.255 e. The number of methoxy groups -OCH3 is 2. The number of ether oxygens (including phenoxy) is 3. The highest BCUT2D eigenvalue weighted by atomic mass is 16.5. The number of rotatable bonds is 7. The van der Waals surface area contributed by atoms with Crippen LogP contribution in [0.5, 0.6) is 17.2 Å². The second-order valence-corrected chi connectivity index (χ2v) is 5.68. The van der Waals surface area contributed by atoms with Gasteiger partial charge in [-0.1, -0.05) is 30.3 Å². The first-order valence-electron chi connectivity index (χ1n) is 8.33. The molecule has 134 valence electrons. The summed E-state index contributed by atoms with van der Waals surface area (Å²) in [4.78, 5) is 12.3. The van der Waals surface area contributed by atoms with E-state index < -0.39 is 0 Å². The molecule has 3 aromatic carbocycles. The predicted octanol–water partition coefficient (Wildman–Crippen LogP) is 3.67. The molecule has 3 aromatic rings. The van der Waals surface area contributed by atoms with Crippen LogP contribution in [0.4, 0.5) is 0 Å². The Morgan fingerprint density at radius 1 is 0.885 bits per heavy atom. The molecule has 0 heterocycles. The van der Waals surface area contributed by atoms with Crippen molar-refractivity contribution in [1.29, 1.82) is 0 Å². The third kappa shape index (κ3) is 4.06. The van der Waals surface area contributed by atoms with Crippen LogP contribution >= 0.6 is 0 Å². The van der Waals surface area contributed by atoms with Crippen molar-refractivity contribution in [2.45, 2.75) is 0 Å². The molecule has 1 amide bonds. The Labute approximate surface area is 152 Å². The van der Waals surface area contributed by atoms with Crippen molar-refractivity contribution in [3.05, 3.63) is 66.2 Å². The third-order valence-corrected chi connectivity index (χ3v) is 4.03. The Balaban J connectivity index is 1.55. The van der Waals surface area contributed by atoms with Gasteiger partial charge in [0.15, 0.2) is 0 Å². The van der Waals surface area contributed by atoms with Gasteiger partial charge in [-0.05, 0) is 35.0 Å². The fourth-order valence-corrected chi connectivity index (χ4v) is 2.67. The molecule has 0 aliphatic heterocycles. The average molecular weight is 351 g/mol. The van der Waals surface area contributed by atoms with Crippen LogP contribution in [0.3, 0.4) is 0 Å². The third-order valence-electron chi connectivity index (χ3n) is 4.03. The van der Waals surface area contributed by atoms with Crippen molar-refractivity contribution >= 4 is 16.7 Å². The lowest BCUT2D eigenvalue weighted by atomic mass is 10.1. The highest BCUT2D eigenvalue weighted by Crippen LogP contribution is 2.24. The van der Waals surface area contributed by atoms with Crippen LogP contribution in [0, 0.1) is 0 Å². The maximum atomic E-state index is 12.3. The first kappa shape index (κ1) is 17.6. The van der Waals surface area contributed by atoms with Crippen molar-refractivity contribution in [3.8, 4) is 17.2 Å². The number of benzene rings is 3. The maximum Gasteiger partial charge on any atom is 0.255 e. The van der Waals surface area contributed by atoms with Crippen LogP contribution in [0.15, 0.2) is 60.7 Å². The number of fused-ring (bicyclic) bond motifs is 1. The molecule has 0 spiro atoms. The van der Waals surface area contributed by atoms with Crippen LogP contribution < -0.4 is 19.5 Å². The van der Waals surface area contributed by atoms with Crippen LogP contribution in [0.25, 0.3) is 10.8 Å². The van der Waals surface area contributed by atoms with Crippen LogP contribution in [-0.4, -0.2) is 33.3 Å². The van der Waals surface area contributed by atoms with Crippen LogP contribution in [0.1, 0.15) is 10.4 Å². The van der Waals surface area contributed by atoms with Crippen LogP contribution in [-0.2, 0) is 0 Å². The van der Waals surface area contributed by atoms with Crippen molar-refractivity contribution in [2.24, 2.45) is 0 Å². The fourth-order valence-electron chi connectivity index (χ4n) is 2.67. The number of nitrogens with one attached hydrogen (secondary N) is 1. The summed E-state index contributed by atoms with van der Waals surface area (Å²) < 4.78 is 16.1. The molecule has 0 atom stereocenters. The Morgan fingerprint density at radius 3 is 2.42 bits per heavy atom. The normalized spacial score (nSPS) is 10.4. The highest BCUT2D eigenvalue weighted by Gasteiger charge is 2.12. The zero-order valence-electron chi connectivity index (χ0n) is 14.8. The van der Waals surface area contributed by atoms with Gasteiger partial charge >= 0.3 is 0 Å². The minimum Gasteiger partial charge on any atom is -0.497 e. The summed E-state index contributed by atoms with van der Waals surface area (Å²) >= 11 is 0. The molecule has 5 nitrogen and oxygen atoms in total. The SMILES string of the molecule is COc1ccc(C(=O)NCCOc2ccc3ccccc3c2)c(OC)c1. The van der Waals surface area contributed by atoms with Gasteiger partial charge in [-0.2, -0.15) is 0 Å². The molecule has 26 heavy (non-hydrogen) atoms. The van der Waals surface area contributed by atoms with E-state index in [2.05, 4.69) is 11.4 Å². The highest BCUT2D eigenvalue weighted by molar-refractivity contribution is 5.97. The number of hydrogen-bond donors (Lipinski definition) is 1. The van der Waals surface area contributed by atoms with E-state index in [1.165, 1.54) is 12.5 Å². The summed E-state index contributed by atoms with van der Waals surface area (Å²) in [6.45, 7) is 0.767. The zero-order chi connectivity index (χ0) is 18.4. The van der Waals surface area contributed by atoms with E-state index >= 15 is 0 Å². The molecule has 0 radical (unpaired) electrons. The monoisotopic (exact) mass is 351 g/mol. The van der Waals surface area contributed by atoms with Crippen molar-refractivity contribution < 1.29 is 19.0 Å². The topological polar surface area (TPSA) is 56.8 Å². The zero-order valence-corrected chi connectivity index (χ0v) is 14.8. The minimum atomic E-state index is -0.216. The molecule has 0 saturated carbocycles. The van der Waals surface area contributed by atoms with E-state index in [0.717, 1.165) is 11.1 Å². The van der Waals surface area contributed by atoms with Gasteiger partial charge in [0, 0.05) is 6.07 Å². The van der Waals surface area contributed by atoms with Gasteiger partial charge < -0.3 is 19.5 Å². The Morgan fingerprint density at radius 2 is 1.65 bits per heavy atom. The standard InChI is InChI=1S/C21H21NO4/c1-24-17-9-10-19(20(14-17)25-2)21(23)22-11-12-26-18-8-7-15-5-3-4-6-16(15)13-18/h3-10,13-14H,11-12H2,1-2H3,(H,22,23). The van der Waals surface area contributed by atoms with Gasteiger partial charge in [0.1, 0.15) is 23.9 Å². The molecule has 0 saturated heterocycles. The molecule has 1 N–H and O–H groups in total. The maximum absolute atomic E-state index is 12.3.